The molecular weight excluding hydrogens is 456 g/mol. The molecule has 0 radical (unpaired) electrons. The first-order valence-corrected chi connectivity index (χ1v) is 13.6. The summed E-state index contributed by atoms with van der Waals surface area (Å²) in [5.74, 6) is -0.806. The number of likely N-dealkylation sites (N-methyl/N-ethyl adjacent to an activating group) is 1. The average Bonchev–Trinajstić information content (AvgIpc) is 3.01. The Morgan fingerprint density at radius 3 is 2.24 bits per heavy atom. The topological polar surface area (TPSA) is 107 Å². The molecule has 1 heterocycles. The van der Waals surface area contributed by atoms with Crippen molar-refractivity contribution in [1.29, 1.82) is 0 Å². The lowest BCUT2D eigenvalue weighted by Crippen LogP contribution is -2.49. The molecule has 3 aliphatic rings. The number of hydrogen-bond donors (Lipinski definition) is 1. The molecule has 1 aromatic carbocycles. The van der Waals surface area contributed by atoms with Crippen LogP contribution in [0.5, 0.6) is 0 Å². The second-order valence-corrected chi connectivity index (χ2v) is 11.7. The number of carbonyl (C=O) groups excluding carboxylic acids is 3. The third-order valence-electron chi connectivity index (χ3n) is 7.69. The molecule has 1 N–H and O–H groups in total. The van der Waals surface area contributed by atoms with Crippen molar-refractivity contribution in [3.05, 3.63) is 24.3 Å². The number of benzene rings is 1. The molecule has 3 fully saturated rings. The van der Waals surface area contributed by atoms with E-state index in [0.717, 1.165) is 56.3 Å². The number of amides is 4. The molecule has 10 heteroatoms. The van der Waals surface area contributed by atoms with Crippen molar-refractivity contribution in [1.82, 2.24) is 14.1 Å². The molecule has 0 bridgehead atoms. The second-order valence-electron chi connectivity index (χ2n) is 9.71. The van der Waals surface area contributed by atoms with Crippen molar-refractivity contribution in [2.24, 2.45) is 0 Å². The predicted octanol–water partition coefficient (Wildman–Crippen LogP) is 3.18. The van der Waals surface area contributed by atoms with Crippen molar-refractivity contribution in [2.75, 3.05) is 26.0 Å². The molecule has 4 amide bonds. The van der Waals surface area contributed by atoms with Crippen LogP contribution < -0.4 is 5.32 Å². The van der Waals surface area contributed by atoms with Crippen molar-refractivity contribution in [3.63, 3.8) is 0 Å². The average molecular weight is 491 g/mol. The highest BCUT2D eigenvalue weighted by molar-refractivity contribution is 7.89. The Hall–Kier alpha value is -2.46. The lowest BCUT2D eigenvalue weighted by atomic mass is 9.81. The van der Waals surface area contributed by atoms with Gasteiger partial charge in [0.15, 0.2) is 0 Å². The molecule has 2 saturated carbocycles. The fraction of sp³-hybridized carbons (Fsp3) is 0.625. The lowest BCUT2D eigenvalue weighted by molar-refractivity contribution is -0.136. The number of anilines is 1. The molecular formula is C24H34N4O5S. The van der Waals surface area contributed by atoms with Crippen molar-refractivity contribution in [2.45, 2.75) is 80.7 Å². The van der Waals surface area contributed by atoms with Gasteiger partial charge in [-0.25, -0.2) is 13.2 Å². The van der Waals surface area contributed by atoms with E-state index in [2.05, 4.69) is 5.32 Å². The molecule has 1 aliphatic heterocycles. The number of carbonyl (C=O) groups is 3. The Kier molecular flexibility index (Phi) is 7.00. The van der Waals surface area contributed by atoms with E-state index < -0.39 is 27.5 Å². The zero-order chi connectivity index (χ0) is 24.5. The highest BCUT2D eigenvalue weighted by Gasteiger charge is 2.55. The van der Waals surface area contributed by atoms with Crippen LogP contribution in [0.2, 0.25) is 0 Å². The Bertz CT molecular complexity index is 1040. The molecule has 0 aromatic heterocycles. The first-order chi connectivity index (χ1) is 16.2. The summed E-state index contributed by atoms with van der Waals surface area (Å²) in [7, 11) is -0.363. The number of nitrogens with zero attached hydrogens (tertiary/aromatic N) is 3. The summed E-state index contributed by atoms with van der Waals surface area (Å²) in [6.45, 7) is -0.367. The number of imide groups is 1. The van der Waals surface area contributed by atoms with Gasteiger partial charge in [-0.05, 0) is 49.9 Å². The zero-order valence-electron chi connectivity index (χ0n) is 20.0. The van der Waals surface area contributed by atoms with E-state index >= 15 is 0 Å². The summed E-state index contributed by atoms with van der Waals surface area (Å²) in [5, 5.41) is 2.68. The quantitative estimate of drug-likeness (QED) is 0.617. The summed E-state index contributed by atoms with van der Waals surface area (Å²) in [6, 6.07) is 5.57. The Balaban J connectivity index is 1.39. The minimum Gasteiger partial charge on any atom is -0.325 e. The van der Waals surface area contributed by atoms with Crippen LogP contribution in [0.25, 0.3) is 0 Å². The number of nitrogens with one attached hydrogen (secondary N) is 1. The molecule has 0 unspecified atom stereocenters. The van der Waals surface area contributed by atoms with Gasteiger partial charge in [-0.15, -0.1) is 0 Å². The second kappa shape index (κ2) is 9.65. The van der Waals surface area contributed by atoms with E-state index in [-0.39, 0.29) is 23.4 Å². The molecule has 4 rings (SSSR count). The van der Waals surface area contributed by atoms with Crippen LogP contribution in [0.1, 0.15) is 64.2 Å². The summed E-state index contributed by atoms with van der Waals surface area (Å²) < 4.78 is 27.5. The molecule has 2 aliphatic carbocycles. The van der Waals surface area contributed by atoms with E-state index in [1.165, 1.54) is 33.5 Å². The van der Waals surface area contributed by atoms with E-state index in [0.29, 0.717) is 18.5 Å². The lowest BCUT2D eigenvalue weighted by Gasteiger charge is -2.35. The van der Waals surface area contributed by atoms with Gasteiger partial charge in [-0.2, -0.15) is 4.31 Å². The summed E-state index contributed by atoms with van der Waals surface area (Å²) >= 11 is 0. The molecule has 1 aromatic rings. The maximum Gasteiger partial charge on any atom is 0.327 e. The molecule has 186 valence electrons. The highest BCUT2D eigenvalue weighted by atomic mass is 32.2. The van der Waals surface area contributed by atoms with Crippen LogP contribution in [0.15, 0.2) is 29.2 Å². The largest absolute Gasteiger partial charge is 0.327 e. The van der Waals surface area contributed by atoms with Crippen LogP contribution in [0, 0.1) is 0 Å². The van der Waals surface area contributed by atoms with Gasteiger partial charge in [0.1, 0.15) is 12.1 Å². The Morgan fingerprint density at radius 1 is 1.03 bits per heavy atom. The third-order valence-corrected chi connectivity index (χ3v) is 9.61. The van der Waals surface area contributed by atoms with Crippen molar-refractivity contribution in [3.8, 4) is 0 Å². The van der Waals surface area contributed by atoms with E-state index in [9.17, 15) is 22.8 Å². The first kappa shape index (κ1) is 24.7. The van der Waals surface area contributed by atoms with Crippen molar-refractivity contribution >= 4 is 33.6 Å². The van der Waals surface area contributed by atoms with E-state index in [1.54, 1.807) is 14.1 Å². The Morgan fingerprint density at radius 2 is 1.62 bits per heavy atom. The maximum atomic E-state index is 13.1. The van der Waals surface area contributed by atoms with Crippen LogP contribution in [0.3, 0.4) is 0 Å². The van der Waals surface area contributed by atoms with Crippen molar-refractivity contribution < 1.29 is 22.8 Å². The fourth-order valence-corrected chi connectivity index (χ4v) is 6.95. The molecule has 0 atom stereocenters. The molecule has 1 spiro atoms. The summed E-state index contributed by atoms with van der Waals surface area (Å²) in [4.78, 5) is 41.1. The highest BCUT2D eigenvalue weighted by Crippen LogP contribution is 2.39. The number of urea groups is 1. The van der Waals surface area contributed by atoms with E-state index in [1.807, 2.05) is 0 Å². The van der Waals surface area contributed by atoms with Gasteiger partial charge in [-0.1, -0.05) is 38.5 Å². The smallest absolute Gasteiger partial charge is 0.325 e. The molecule has 9 nitrogen and oxygen atoms in total. The third kappa shape index (κ3) is 4.45. The van der Waals surface area contributed by atoms with Gasteiger partial charge in [0.05, 0.1) is 4.90 Å². The monoisotopic (exact) mass is 490 g/mol. The number of rotatable bonds is 6. The zero-order valence-corrected chi connectivity index (χ0v) is 20.8. The molecule has 1 saturated heterocycles. The Labute approximate surface area is 201 Å². The van der Waals surface area contributed by atoms with Crippen LogP contribution in [-0.2, 0) is 19.6 Å². The minimum atomic E-state index is -3.62. The normalized spacial score (nSPS) is 21.5. The van der Waals surface area contributed by atoms with E-state index in [4.69, 9.17) is 0 Å². The fourth-order valence-electron chi connectivity index (χ4n) is 5.53. The van der Waals surface area contributed by atoms with Gasteiger partial charge in [0, 0.05) is 25.8 Å². The number of sulfonamides is 1. The van der Waals surface area contributed by atoms with Crippen LogP contribution in [-0.4, -0.2) is 72.6 Å². The van der Waals surface area contributed by atoms with Gasteiger partial charge in [0.2, 0.25) is 15.9 Å². The SMILES string of the molecule is CN1C(=O)N(CC(=O)Nc2ccc(S(=O)(=O)N(C)C3CCCCC3)cc2)C(=O)C12CCCCC2. The van der Waals surface area contributed by atoms with Gasteiger partial charge >= 0.3 is 6.03 Å². The summed E-state index contributed by atoms with van der Waals surface area (Å²) in [6.07, 6.45) is 9.01. The first-order valence-electron chi connectivity index (χ1n) is 12.1. The molecule has 34 heavy (non-hydrogen) atoms. The van der Waals surface area contributed by atoms with Gasteiger partial charge in [-0.3, -0.25) is 14.5 Å². The number of hydrogen-bond acceptors (Lipinski definition) is 5. The summed E-state index contributed by atoms with van der Waals surface area (Å²) in [5.41, 5.74) is -0.417. The minimum absolute atomic E-state index is 0.0132. The predicted molar refractivity (Wildman–Crippen MR) is 128 cm³/mol. The van der Waals surface area contributed by atoms with Crippen LogP contribution >= 0.6 is 0 Å². The van der Waals surface area contributed by atoms with Crippen LogP contribution in [0.4, 0.5) is 10.5 Å². The maximum absolute atomic E-state index is 13.1. The van der Waals surface area contributed by atoms with Gasteiger partial charge in [0.25, 0.3) is 5.91 Å². The standard InChI is InChI=1S/C24H34N4O5S/c1-26-23(31)28(22(30)24(26)15-7-4-8-16-24)17-21(29)25-18-11-13-20(14-12-18)34(32,33)27(2)19-9-5-3-6-10-19/h11-14,19H,3-10,15-17H2,1-2H3,(H,25,29). The van der Waals surface area contributed by atoms with Gasteiger partial charge < -0.3 is 10.2 Å².